The van der Waals surface area contributed by atoms with E-state index in [0.717, 1.165) is 6.07 Å². The SMILES string of the molecule is FC(F)(F)c1cc(I)cc(N2CCOCC2)c1. The van der Waals surface area contributed by atoms with E-state index in [4.69, 9.17) is 4.74 Å². The molecule has 0 bridgehead atoms. The summed E-state index contributed by atoms with van der Waals surface area (Å²) in [5.74, 6) is 0. The molecule has 1 heterocycles. The third-order valence-corrected chi connectivity index (χ3v) is 3.21. The number of alkyl halides is 3. The van der Waals surface area contributed by atoms with Crippen LogP contribution in [0.4, 0.5) is 18.9 Å². The Bertz CT molecular complexity index is 402. The van der Waals surface area contributed by atoms with Gasteiger partial charge in [-0.3, -0.25) is 0 Å². The first-order chi connectivity index (χ1) is 7.97. The highest BCUT2D eigenvalue weighted by atomic mass is 127. The summed E-state index contributed by atoms with van der Waals surface area (Å²) < 4.78 is 43.8. The second kappa shape index (κ2) is 5.01. The van der Waals surface area contributed by atoms with Crippen molar-refractivity contribution in [3.05, 3.63) is 27.3 Å². The Morgan fingerprint density at radius 3 is 2.35 bits per heavy atom. The summed E-state index contributed by atoms with van der Waals surface area (Å²) in [6, 6.07) is 4.12. The summed E-state index contributed by atoms with van der Waals surface area (Å²) in [5.41, 5.74) is 0.0263. The summed E-state index contributed by atoms with van der Waals surface area (Å²) in [7, 11) is 0. The smallest absolute Gasteiger partial charge is 0.378 e. The second-order valence-electron chi connectivity index (χ2n) is 3.80. The van der Waals surface area contributed by atoms with Gasteiger partial charge in [0, 0.05) is 22.3 Å². The van der Waals surface area contributed by atoms with Crippen molar-refractivity contribution in [3.63, 3.8) is 0 Å². The van der Waals surface area contributed by atoms with Crippen LogP contribution in [0.3, 0.4) is 0 Å². The molecular weight excluding hydrogens is 346 g/mol. The molecule has 1 aliphatic heterocycles. The Hall–Kier alpha value is -0.500. The molecule has 2 rings (SSSR count). The topological polar surface area (TPSA) is 12.5 Å². The molecule has 0 saturated carbocycles. The van der Waals surface area contributed by atoms with E-state index < -0.39 is 11.7 Å². The monoisotopic (exact) mass is 357 g/mol. The number of hydrogen-bond acceptors (Lipinski definition) is 2. The van der Waals surface area contributed by atoms with E-state index in [1.54, 1.807) is 6.07 Å². The maximum absolute atomic E-state index is 12.7. The van der Waals surface area contributed by atoms with Gasteiger partial charge in [-0.15, -0.1) is 0 Å². The first kappa shape index (κ1) is 12.9. The molecule has 0 amide bonds. The zero-order valence-electron chi connectivity index (χ0n) is 8.93. The average molecular weight is 357 g/mol. The summed E-state index contributed by atoms with van der Waals surface area (Å²) in [6.07, 6.45) is -4.29. The molecule has 6 heteroatoms. The minimum Gasteiger partial charge on any atom is -0.378 e. The van der Waals surface area contributed by atoms with Gasteiger partial charge in [0.2, 0.25) is 0 Å². The second-order valence-corrected chi connectivity index (χ2v) is 5.04. The quantitative estimate of drug-likeness (QED) is 0.716. The van der Waals surface area contributed by atoms with Crippen LogP contribution in [0.2, 0.25) is 0 Å². The predicted molar refractivity (Wildman–Crippen MR) is 67.2 cm³/mol. The maximum Gasteiger partial charge on any atom is 0.416 e. The number of anilines is 1. The zero-order valence-corrected chi connectivity index (χ0v) is 11.1. The number of nitrogens with zero attached hydrogens (tertiary/aromatic N) is 1. The van der Waals surface area contributed by atoms with E-state index in [0.29, 0.717) is 35.6 Å². The van der Waals surface area contributed by atoms with E-state index >= 15 is 0 Å². The number of halogens is 4. The van der Waals surface area contributed by atoms with Crippen molar-refractivity contribution in [2.24, 2.45) is 0 Å². The van der Waals surface area contributed by atoms with Gasteiger partial charge in [-0.1, -0.05) is 0 Å². The highest BCUT2D eigenvalue weighted by molar-refractivity contribution is 14.1. The molecule has 0 spiro atoms. The Labute approximate surface area is 111 Å². The Kier molecular flexibility index (Phi) is 3.82. The van der Waals surface area contributed by atoms with Gasteiger partial charge < -0.3 is 9.64 Å². The van der Waals surface area contributed by atoms with Crippen molar-refractivity contribution in [1.29, 1.82) is 0 Å². The number of hydrogen-bond donors (Lipinski definition) is 0. The van der Waals surface area contributed by atoms with Gasteiger partial charge in [-0.2, -0.15) is 13.2 Å². The summed E-state index contributed by atoms with van der Waals surface area (Å²) in [5, 5.41) is 0. The van der Waals surface area contributed by atoms with Crippen LogP contribution in [0.5, 0.6) is 0 Å². The number of benzene rings is 1. The molecule has 0 unspecified atom stereocenters. The minimum absolute atomic E-state index is 0.562. The Morgan fingerprint density at radius 2 is 1.76 bits per heavy atom. The molecule has 1 aliphatic rings. The number of morpholine rings is 1. The van der Waals surface area contributed by atoms with Gasteiger partial charge in [0.05, 0.1) is 18.8 Å². The lowest BCUT2D eigenvalue weighted by Crippen LogP contribution is -2.36. The number of rotatable bonds is 1. The molecule has 0 N–H and O–H groups in total. The van der Waals surface area contributed by atoms with Crippen molar-refractivity contribution in [3.8, 4) is 0 Å². The van der Waals surface area contributed by atoms with Crippen LogP contribution in [0, 0.1) is 3.57 Å². The van der Waals surface area contributed by atoms with Crippen LogP contribution in [0.25, 0.3) is 0 Å². The van der Waals surface area contributed by atoms with Gasteiger partial charge in [0.1, 0.15) is 0 Å². The fourth-order valence-corrected chi connectivity index (χ4v) is 2.40. The third kappa shape index (κ3) is 3.25. The first-order valence-corrected chi connectivity index (χ1v) is 6.25. The van der Waals surface area contributed by atoms with Crippen LogP contribution in [0.1, 0.15) is 5.56 Å². The Balaban J connectivity index is 2.31. The van der Waals surface area contributed by atoms with Gasteiger partial charge in [0.25, 0.3) is 0 Å². The predicted octanol–water partition coefficient (Wildman–Crippen LogP) is 3.15. The van der Waals surface area contributed by atoms with Crippen molar-refractivity contribution < 1.29 is 17.9 Å². The molecule has 1 fully saturated rings. The summed E-state index contributed by atoms with van der Waals surface area (Å²) in [4.78, 5) is 1.92. The lowest BCUT2D eigenvalue weighted by Gasteiger charge is -2.29. The standard InChI is InChI=1S/C11H11F3INO/c12-11(13,14)8-5-9(15)7-10(6-8)16-1-3-17-4-2-16/h5-7H,1-4H2. The fraction of sp³-hybridized carbons (Fsp3) is 0.455. The maximum atomic E-state index is 12.7. The normalized spacial score (nSPS) is 17.3. The van der Waals surface area contributed by atoms with E-state index in [1.165, 1.54) is 6.07 Å². The van der Waals surface area contributed by atoms with Gasteiger partial charge in [-0.25, -0.2) is 0 Å². The van der Waals surface area contributed by atoms with E-state index in [9.17, 15) is 13.2 Å². The van der Waals surface area contributed by atoms with Gasteiger partial charge in [0.15, 0.2) is 0 Å². The third-order valence-electron chi connectivity index (χ3n) is 2.59. The van der Waals surface area contributed by atoms with E-state index in [2.05, 4.69) is 0 Å². The van der Waals surface area contributed by atoms with Crippen LogP contribution < -0.4 is 4.90 Å². The van der Waals surface area contributed by atoms with Gasteiger partial charge >= 0.3 is 6.18 Å². The van der Waals surface area contributed by atoms with E-state index in [-0.39, 0.29) is 0 Å². The molecular formula is C11H11F3INO. The first-order valence-electron chi connectivity index (χ1n) is 5.17. The van der Waals surface area contributed by atoms with Crippen LogP contribution >= 0.6 is 22.6 Å². The summed E-state index contributed by atoms with van der Waals surface area (Å²) >= 11 is 1.91. The molecule has 0 radical (unpaired) electrons. The number of ether oxygens (including phenoxy) is 1. The molecule has 1 aromatic carbocycles. The van der Waals surface area contributed by atoms with E-state index in [1.807, 2.05) is 27.5 Å². The van der Waals surface area contributed by atoms with Gasteiger partial charge in [-0.05, 0) is 40.8 Å². The highest BCUT2D eigenvalue weighted by Gasteiger charge is 2.31. The minimum atomic E-state index is -4.29. The zero-order chi connectivity index (χ0) is 12.5. The molecule has 2 nitrogen and oxygen atoms in total. The molecule has 17 heavy (non-hydrogen) atoms. The molecule has 94 valence electrons. The highest BCUT2D eigenvalue weighted by Crippen LogP contribution is 2.33. The Morgan fingerprint density at radius 1 is 1.12 bits per heavy atom. The lowest BCUT2D eigenvalue weighted by molar-refractivity contribution is -0.137. The van der Waals surface area contributed by atoms with Crippen LogP contribution in [-0.2, 0) is 10.9 Å². The average Bonchev–Trinajstić information content (AvgIpc) is 2.28. The molecule has 1 saturated heterocycles. The fourth-order valence-electron chi connectivity index (χ4n) is 1.74. The van der Waals surface area contributed by atoms with Crippen molar-refractivity contribution in [2.75, 3.05) is 31.2 Å². The van der Waals surface area contributed by atoms with Crippen molar-refractivity contribution in [2.45, 2.75) is 6.18 Å². The largest absolute Gasteiger partial charge is 0.416 e. The molecule has 0 atom stereocenters. The molecule has 1 aromatic rings. The summed E-state index contributed by atoms with van der Waals surface area (Å²) in [6.45, 7) is 2.40. The molecule has 0 aromatic heterocycles. The van der Waals surface area contributed by atoms with Crippen molar-refractivity contribution >= 4 is 28.3 Å². The van der Waals surface area contributed by atoms with Crippen molar-refractivity contribution in [1.82, 2.24) is 0 Å². The molecule has 0 aliphatic carbocycles. The van der Waals surface area contributed by atoms with Crippen LogP contribution in [0.15, 0.2) is 18.2 Å². The van der Waals surface area contributed by atoms with Crippen LogP contribution in [-0.4, -0.2) is 26.3 Å². The lowest BCUT2D eigenvalue weighted by atomic mass is 10.1.